The summed E-state index contributed by atoms with van der Waals surface area (Å²) in [5.41, 5.74) is 1.10. The Morgan fingerprint density at radius 3 is 2.38 bits per heavy atom. The number of esters is 2. The molecule has 2 N–H and O–H groups in total. The second-order valence-electron chi connectivity index (χ2n) is 10.4. The van der Waals surface area contributed by atoms with Crippen LogP contribution in [0.1, 0.15) is 39.7 Å². The number of carbonyl (C=O) groups is 4. The first-order chi connectivity index (χ1) is 18.5. The number of hydrogen-bond donors (Lipinski definition) is 2. The first kappa shape index (κ1) is 27.8. The molecule has 206 valence electrons. The summed E-state index contributed by atoms with van der Waals surface area (Å²) in [6, 6.07) is 9.67. The van der Waals surface area contributed by atoms with Gasteiger partial charge in [0.05, 0.1) is 23.5 Å². The highest BCUT2D eigenvalue weighted by Gasteiger charge is 2.57. The Balaban J connectivity index is 1.46. The van der Waals surface area contributed by atoms with Gasteiger partial charge in [0.25, 0.3) is 5.91 Å². The Hall–Kier alpha value is -4.25. The summed E-state index contributed by atoms with van der Waals surface area (Å²) in [6.45, 7) is 5.76. The van der Waals surface area contributed by atoms with Gasteiger partial charge in [-0.3, -0.25) is 19.4 Å². The first-order valence-corrected chi connectivity index (χ1v) is 12.5. The Morgan fingerprint density at radius 1 is 1.10 bits per heavy atom. The van der Waals surface area contributed by atoms with E-state index in [1.165, 1.54) is 4.90 Å². The van der Waals surface area contributed by atoms with Gasteiger partial charge in [0.15, 0.2) is 6.61 Å². The number of nitrogens with one attached hydrogen (secondary N) is 1. The molecule has 1 aromatic carbocycles. The number of hydrogen-bond acceptors (Lipinski definition) is 9. The van der Waals surface area contributed by atoms with Crippen molar-refractivity contribution in [2.75, 3.05) is 18.7 Å². The normalized spacial score (nSPS) is 19.1. The van der Waals surface area contributed by atoms with E-state index in [1.807, 2.05) is 0 Å². The highest BCUT2D eigenvalue weighted by Crippen LogP contribution is 2.47. The van der Waals surface area contributed by atoms with E-state index in [9.17, 15) is 24.3 Å². The Morgan fingerprint density at radius 2 is 1.77 bits per heavy atom. The molecule has 2 aliphatic rings. The monoisotopic (exact) mass is 537 g/mol. The van der Waals surface area contributed by atoms with Crippen molar-refractivity contribution < 1.29 is 38.5 Å². The molecular formula is C28H31N3O8. The summed E-state index contributed by atoms with van der Waals surface area (Å²) < 4.78 is 15.8. The Bertz CT molecular complexity index is 1280. The van der Waals surface area contributed by atoms with Crippen LogP contribution in [0.3, 0.4) is 0 Å². The van der Waals surface area contributed by atoms with Crippen molar-refractivity contribution >= 4 is 35.0 Å². The number of aromatic nitrogens is 1. The number of carbonyl (C=O) groups excluding carboxylic acids is 4. The largest absolute Gasteiger partial charge is 0.484 e. The molecule has 2 aliphatic heterocycles. The number of fused-ring (bicyclic) bond motifs is 1. The molecule has 1 aromatic heterocycles. The maximum Gasteiger partial charge on any atom is 0.358 e. The van der Waals surface area contributed by atoms with Crippen molar-refractivity contribution in [1.29, 1.82) is 0 Å². The quantitative estimate of drug-likeness (QED) is 0.280. The number of aliphatic hydroxyl groups is 1. The third-order valence-corrected chi connectivity index (χ3v) is 6.45. The summed E-state index contributed by atoms with van der Waals surface area (Å²) in [4.78, 5) is 55.3. The zero-order valence-corrected chi connectivity index (χ0v) is 22.2. The SMILES string of the molecule is C[C@@H](O)[C@H]1C(=O)N2C(C(=O)OCOC(=O)C(C)(C)C)=C(c3ccc(OCC(=O)Nc4ccncc4)cc3)C[C@H]12. The number of ether oxygens (including phenoxy) is 3. The number of pyridine rings is 1. The standard InChI is InChI=1S/C28H31N3O8/c1-16(32)23-21-13-20(24(31(21)25(23)34)26(35)38-15-39-27(36)28(2,3)4)17-5-7-19(8-6-17)37-14-22(33)30-18-9-11-29-12-10-18/h5-12,16,21,23,32H,13-15H2,1-4H3,(H,29,30,33)/t16-,21-,23-/m1/s1. The zero-order valence-electron chi connectivity index (χ0n) is 22.2. The molecule has 0 unspecified atom stereocenters. The van der Waals surface area contributed by atoms with Crippen LogP contribution in [0.2, 0.25) is 0 Å². The number of rotatable bonds is 9. The van der Waals surface area contributed by atoms with Crippen molar-refractivity contribution in [2.24, 2.45) is 11.3 Å². The van der Waals surface area contributed by atoms with Crippen LogP contribution in [0, 0.1) is 11.3 Å². The highest BCUT2D eigenvalue weighted by atomic mass is 16.7. The molecule has 0 spiro atoms. The fourth-order valence-electron chi connectivity index (χ4n) is 4.47. The lowest BCUT2D eigenvalue weighted by Crippen LogP contribution is -2.61. The third-order valence-electron chi connectivity index (χ3n) is 6.45. The maximum atomic E-state index is 13.1. The minimum Gasteiger partial charge on any atom is -0.484 e. The van der Waals surface area contributed by atoms with E-state index < -0.39 is 36.2 Å². The molecule has 0 saturated carbocycles. The third kappa shape index (κ3) is 6.09. The second-order valence-corrected chi connectivity index (χ2v) is 10.4. The van der Waals surface area contributed by atoms with Gasteiger partial charge in [-0.15, -0.1) is 0 Å². The van der Waals surface area contributed by atoms with Crippen LogP contribution in [0.15, 0.2) is 54.5 Å². The smallest absolute Gasteiger partial charge is 0.358 e. The first-order valence-electron chi connectivity index (χ1n) is 12.5. The molecule has 1 saturated heterocycles. The van der Waals surface area contributed by atoms with Crippen molar-refractivity contribution in [3.8, 4) is 5.75 Å². The van der Waals surface area contributed by atoms with Crippen LogP contribution >= 0.6 is 0 Å². The van der Waals surface area contributed by atoms with E-state index in [1.54, 1.807) is 76.5 Å². The van der Waals surface area contributed by atoms with E-state index in [0.29, 0.717) is 29.0 Å². The predicted octanol–water partition coefficient (Wildman–Crippen LogP) is 2.51. The number of β-lactam (4-membered cyclic amide) rings is 1. The molecule has 2 aromatic rings. The van der Waals surface area contributed by atoms with E-state index >= 15 is 0 Å². The predicted molar refractivity (Wildman–Crippen MR) is 139 cm³/mol. The summed E-state index contributed by atoms with van der Waals surface area (Å²) in [5.74, 6) is -2.25. The number of aliphatic hydroxyl groups excluding tert-OH is 1. The molecule has 0 bridgehead atoms. The van der Waals surface area contributed by atoms with Crippen LogP contribution in [0.25, 0.3) is 5.57 Å². The average Bonchev–Trinajstić information content (AvgIpc) is 3.22. The number of anilines is 1. The summed E-state index contributed by atoms with van der Waals surface area (Å²) in [6.07, 6.45) is 2.59. The maximum absolute atomic E-state index is 13.1. The van der Waals surface area contributed by atoms with Crippen LogP contribution in [-0.2, 0) is 28.7 Å². The lowest BCUT2D eigenvalue weighted by molar-refractivity contribution is -0.175. The molecule has 1 fully saturated rings. The van der Waals surface area contributed by atoms with Gasteiger partial charge in [0.1, 0.15) is 11.4 Å². The molecule has 0 radical (unpaired) electrons. The zero-order chi connectivity index (χ0) is 28.3. The molecule has 39 heavy (non-hydrogen) atoms. The molecule has 3 atom stereocenters. The highest BCUT2D eigenvalue weighted by molar-refractivity contribution is 6.06. The molecule has 11 heteroatoms. The van der Waals surface area contributed by atoms with Gasteiger partial charge in [0, 0.05) is 18.1 Å². The van der Waals surface area contributed by atoms with E-state index in [-0.39, 0.29) is 30.2 Å². The topological polar surface area (TPSA) is 144 Å². The molecule has 4 rings (SSSR count). The Kier molecular flexibility index (Phi) is 8.01. The van der Waals surface area contributed by atoms with Crippen LogP contribution < -0.4 is 10.1 Å². The summed E-state index contributed by atoms with van der Waals surface area (Å²) >= 11 is 0. The van der Waals surface area contributed by atoms with E-state index in [4.69, 9.17) is 14.2 Å². The lowest BCUT2D eigenvalue weighted by atomic mass is 9.82. The Labute approximate surface area is 225 Å². The van der Waals surface area contributed by atoms with Crippen LogP contribution in [0.4, 0.5) is 5.69 Å². The molecule has 0 aliphatic carbocycles. The molecule has 11 nitrogen and oxygen atoms in total. The molecule has 2 amide bonds. The summed E-state index contributed by atoms with van der Waals surface area (Å²) in [5, 5.41) is 12.8. The fraction of sp³-hybridized carbons (Fsp3) is 0.393. The fourth-order valence-corrected chi connectivity index (χ4v) is 4.47. The van der Waals surface area contributed by atoms with Crippen LogP contribution in [-0.4, -0.2) is 64.3 Å². The van der Waals surface area contributed by atoms with Crippen molar-refractivity contribution in [1.82, 2.24) is 9.88 Å². The molecular weight excluding hydrogens is 506 g/mol. The van der Waals surface area contributed by atoms with Gasteiger partial charge < -0.3 is 29.5 Å². The van der Waals surface area contributed by atoms with Gasteiger partial charge >= 0.3 is 11.9 Å². The van der Waals surface area contributed by atoms with E-state index in [2.05, 4.69) is 10.3 Å². The minimum atomic E-state index is -0.878. The number of benzene rings is 1. The van der Waals surface area contributed by atoms with Gasteiger partial charge in [0.2, 0.25) is 12.7 Å². The van der Waals surface area contributed by atoms with Crippen molar-refractivity contribution in [3.05, 3.63) is 60.1 Å². The van der Waals surface area contributed by atoms with Gasteiger partial charge in [-0.05, 0) is 69.5 Å². The van der Waals surface area contributed by atoms with Gasteiger partial charge in [-0.25, -0.2) is 4.79 Å². The number of amides is 2. The van der Waals surface area contributed by atoms with E-state index in [0.717, 1.165) is 0 Å². The minimum absolute atomic E-state index is 0.0547. The molecule has 3 heterocycles. The second kappa shape index (κ2) is 11.2. The van der Waals surface area contributed by atoms with Gasteiger partial charge in [-0.1, -0.05) is 12.1 Å². The van der Waals surface area contributed by atoms with Crippen molar-refractivity contribution in [3.63, 3.8) is 0 Å². The van der Waals surface area contributed by atoms with Crippen LogP contribution in [0.5, 0.6) is 5.75 Å². The van der Waals surface area contributed by atoms with Crippen molar-refractivity contribution in [2.45, 2.75) is 46.3 Å². The summed E-state index contributed by atoms with van der Waals surface area (Å²) in [7, 11) is 0. The lowest BCUT2D eigenvalue weighted by Gasteiger charge is -2.44. The average molecular weight is 538 g/mol. The van der Waals surface area contributed by atoms with Gasteiger partial charge in [-0.2, -0.15) is 0 Å². The number of nitrogens with zero attached hydrogens (tertiary/aromatic N) is 2.